The predicted octanol–water partition coefficient (Wildman–Crippen LogP) is 2.54. The van der Waals surface area contributed by atoms with Crippen molar-refractivity contribution in [3.63, 3.8) is 0 Å². The van der Waals surface area contributed by atoms with E-state index in [9.17, 15) is 9.18 Å². The van der Waals surface area contributed by atoms with E-state index in [0.717, 1.165) is 4.88 Å². The van der Waals surface area contributed by atoms with Crippen molar-refractivity contribution in [3.05, 3.63) is 23.2 Å². The van der Waals surface area contributed by atoms with Gasteiger partial charge >= 0.3 is 5.97 Å². The number of aromatic nitrogens is 3. The number of hydrogen-bond donors (Lipinski definition) is 0. The predicted molar refractivity (Wildman–Crippen MR) is 69.9 cm³/mol. The first-order valence-corrected chi connectivity index (χ1v) is 6.86. The largest absolute Gasteiger partial charge is 0.461 e. The van der Waals surface area contributed by atoms with Gasteiger partial charge in [0.1, 0.15) is 5.69 Å². The second kappa shape index (κ2) is 6.42. The summed E-state index contributed by atoms with van der Waals surface area (Å²) in [6.07, 6.45) is 0.337. The Labute approximate surface area is 114 Å². The van der Waals surface area contributed by atoms with Gasteiger partial charge < -0.3 is 4.74 Å². The summed E-state index contributed by atoms with van der Waals surface area (Å²) in [6.45, 7) is 1.96. The zero-order valence-electron chi connectivity index (χ0n) is 10.5. The Kier molecular flexibility index (Phi) is 4.62. The Balaban J connectivity index is 2.38. The van der Waals surface area contributed by atoms with Crippen LogP contribution in [0.5, 0.6) is 0 Å². The Hall–Kier alpha value is -1.76. The van der Waals surface area contributed by atoms with Gasteiger partial charge in [-0.25, -0.2) is 9.48 Å². The number of ether oxygens (including phenoxy) is 1. The van der Waals surface area contributed by atoms with Crippen LogP contribution in [0.15, 0.2) is 17.5 Å². The molecule has 19 heavy (non-hydrogen) atoms. The SMILES string of the molecule is CCOC(=O)c1nnn(CCCF)c1-c1cccs1. The lowest BCUT2D eigenvalue weighted by molar-refractivity contribution is 0.0520. The average Bonchev–Trinajstić information content (AvgIpc) is 3.05. The summed E-state index contributed by atoms with van der Waals surface area (Å²) in [5, 5.41) is 9.68. The van der Waals surface area contributed by atoms with Gasteiger partial charge in [-0.1, -0.05) is 11.3 Å². The number of thiophene rings is 1. The summed E-state index contributed by atoms with van der Waals surface area (Å²) >= 11 is 1.48. The van der Waals surface area contributed by atoms with E-state index in [2.05, 4.69) is 10.3 Å². The van der Waals surface area contributed by atoms with Crippen molar-refractivity contribution in [1.29, 1.82) is 0 Å². The maximum atomic E-state index is 12.3. The van der Waals surface area contributed by atoms with E-state index in [1.54, 1.807) is 11.6 Å². The second-order valence-corrected chi connectivity index (χ2v) is 4.70. The van der Waals surface area contributed by atoms with Gasteiger partial charge in [-0.15, -0.1) is 16.4 Å². The summed E-state index contributed by atoms with van der Waals surface area (Å²) in [7, 11) is 0. The molecule has 0 aliphatic rings. The molecule has 2 heterocycles. The van der Waals surface area contributed by atoms with E-state index in [0.29, 0.717) is 18.7 Å². The highest BCUT2D eigenvalue weighted by molar-refractivity contribution is 7.13. The fourth-order valence-electron chi connectivity index (χ4n) is 1.67. The molecule has 0 atom stereocenters. The molecule has 5 nitrogen and oxygen atoms in total. The van der Waals surface area contributed by atoms with Crippen LogP contribution in [0.25, 0.3) is 10.6 Å². The van der Waals surface area contributed by atoms with Gasteiger partial charge in [-0.3, -0.25) is 4.39 Å². The fourth-order valence-corrected chi connectivity index (χ4v) is 2.45. The number of carbonyl (C=O) groups is 1. The van der Waals surface area contributed by atoms with E-state index in [-0.39, 0.29) is 12.3 Å². The molecule has 0 saturated heterocycles. The van der Waals surface area contributed by atoms with Gasteiger partial charge in [0.05, 0.1) is 18.2 Å². The van der Waals surface area contributed by atoms with Crippen LogP contribution in [0.1, 0.15) is 23.8 Å². The third-order valence-electron chi connectivity index (χ3n) is 2.46. The van der Waals surface area contributed by atoms with Crippen LogP contribution in [0.4, 0.5) is 4.39 Å². The molecule has 0 saturated carbocycles. The van der Waals surface area contributed by atoms with Gasteiger partial charge in [0.2, 0.25) is 0 Å². The second-order valence-electron chi connectivity index (χ2n) is 3.75. The molecule has 102 valence electrons. The van der Waals surface area contributed by atoms with Gasteiger partial charge in [0.25, 0.3) is 0 Å². The normalized spacial score (nSPS) is 10.6. The molecule has 0 aromatic carbocycles. The van der Waals surface area contributed by atoms with Crippen LogP contribution in [-0.2, 0) is 11.3 Å². The van der Waals surface area contributed by atoms with Crippen LogP contribution in [-0.4, -0.2) is 34.2 Å². The lowest BCUT2D eigenvalue weighted by atomic mass is 10.2. The summed E-state index contributed by atoms with van der Waals surface area (Å²) in [5.74, 6) is -0.502. The van der Waals surface area contributed by atoms with Crippen molar-refractivity contribution in [2.24, 2.45) is 0 Å². The van der Waals surface area contributed by atoms with E-state index >= 15 is 0 Å². The van der Waals surface area contributed by atoms with Crippen LogP contribution < -0.4 is 0 Å². The number of alkyl halides is 1. The Bertz CT molecular complexity index is 539. The third kappa shape index (κ3) is 2.98. The Morgan fingerprint density at radius 3 is 3.05 bits per heavy atom. The zero-order chi connectivity index (χ0) is 13.7. The van der Waals surface area contributed by atoms with Crippen LogP contribution in [0.3, 0.4) is 0 Å². The molecule has 0 amide bonds. The van der Waals surface area contributed by atoms with Gasteiger partial charge in [-0.2, -0.15) is 0 Å². The molecule has 7 heteroatoms. The minimum atomic E-state index is -0.502. The monoisotopic (exact) mass is 283 g/mol. The van der Waals surface area contributed by atoms with Crippen molar-refractivity contribution >= 4 is 17.3 Å². The average molecular weight is 283 g/mol. The smallest absolute Gasteiger partial charge is 0.361 e. The molecular weight excluding hydrogens is 269 g/mol. The highest BCUT2D eigenvalue weighted by atomic mass is 32.1. The summed E-state index contributed by atoms with van der Waals surface area (Å²) < 4.78 is 18.8. The molecule has 0 aliphatic heterocycles. The number of nitrogens with zero attached hydrogens (tertiary/aromatic N) is 3. The highest BCUT2D eigenvalue weighted by Gasteiger charge is 2.22. The molecule has 2 aromatic rings. The summed E-state index contributed by atoms with van der Waals surface area (Å²) in [5.41, 5.74) is 0.782. The molecule has 0 bridgehead atoms. The van der Waals surface area contributed by atoms with Crippen molar-refractivity contribution in [2.45, 2.75) is 19.9 Å². The van der Waals surface area contributed by atoms with E-state index < -0.39 is 12.6 Å². The molecule has 0 fully saturated rings. The molecule has 0 radical (unpaired) electrons. The van der Waals surface area contributed by atoms with E-state index in [1.165, 1.54) is 11.3 Å². The standard InChI is InChI=1S/C12H14FN3O2S/c1-2-18-12(17)10-11(9-5-3-8-19-9)16(15-14-10)7-4-6-13/h3,5,8H,2,4,6-7H2,1H3. The minimum Gasteiger partial charge on any atom is -0.461 e. The number of esters is 1. The zero-order valence-corrected chi connectivity index (χ0v) is 11.3. The van der Waals surface area contributed by atoms with Crippen LogP contribution >= 0.6 is 11.3 Å². The number of aryl methyl sites for hydroxylation is 1. The fraction of sp³-hybridized carbons (Fsp3) is 0.417. The minimum absolute atomic E-state index is 0.183. The summed E-state index contributed by atoms with van der Waals surface area (Å²) in [6, 6.07) is 3.75. The molecule has 2 aromatic heterocycles. The molecule has 2 rings (SSSR count). The van der Waals surface area contributed by atoms with E-state index in [4.69, 9.17) is 4.74 Å². The summed E-state index contributed by atoms with van der Waals surface area (Å²) in [4.78, 5) is 12.7. The van der Waals surface area contributed by atoms with Crippen LogP contribution in [0, 0.1) is 0 Å². The maximum absolute atomic E-state index is 12.3. The topological polar surface area (TPSA) is 57.0 Å². The highest BCUT2D eigenvalue weighted by Crippen LogP contribution is 2.27. The first-order valence-electron chi connectivity index (χ1n) is 5.98. The number of halogens is 1. The van der Waals surface area contributed by atoms with Gasteiger partial charge in [0, 0.05) is 6.54 Å². The van der Waals surface area contributed by atoms with Gasteiger partial charge in [-0.05, 0) is 24.8 Å². The Morgan fingerprint density at radius 2 is 2.42 bits per heavy atom. The van der Waals surface area contributed by atoms with E-state index in [1.807, 2.05) is 17.5 Å². The molecule has 0 unspecified atom stereocenters. The number of carbonyl (C=O) groups excluding carboxylic acids is 1. The number of rotatable bonds is 6. The third-order valence-corrected chi connectivity index (χ3v) is 3.34. The van der Waals surface area contributed by atoms with Crippen molar-refractivity contribution in [1.82, 2.24) is 15.0 Å². The van der Waals surface area contributed by atoms with Crippen molar-refractivity contribution in [2.75, 3.05) is 13.3 Å². The molecule has 0 spiro atoms. The van der Waals surface area contributed by atoms with Gasteiger partial charge in [0.15, 0.2) is 5.69 Å². The lowest BCUT2D eigenvalue weighted by Gasteiger charge is -2.05. The van der Waals surface area contributed by atoms with Crippen molar-refractivity contribution < 1.29 is 13.9 Å². The molecule has 0 aliphatic carbocycles. The van der Waals surface area contributed by atoms with Crippen LogP contribution in [0.2, 0.25) is 0 Å². The first-order chi connectivity index (χ1) is 9.27. The lowest BCUT2D eigenvalue weighted by Crippen LogP contribution is -2.08. The Morgan fingerprint density at radius 1 is 1.58 bits per heavy atom. The maximum Gasteiger partial charge on any atom is 0.361 e. The molecular formula is C12H14FN3O2S. The first kappa shape index (κ1) is 13.7. The molecule has 0 N–H and O–H groups in total. The van der Waals surface area contributed by atoms with Crippen molar-refractivity contribution in [3.8, 4) is 10.6 Å². The number of hydrogen-bond acceptors (Lipinski definition) is 5. The quantitative estimate of drug-likeness (QED) is 0.764.